The van der Waals surface area contributed by atoms with E-state index in [1.165, 1.54) is 11.1 Å². The quantitative estimate of drug-likeness (QED) is 0.602. The van der Waals surface area contributed by atoms with Crippen molar-refractivity contribution in [2.75, 3.05) is 19.4 Å². The highest BCUT2D eigenvalue weighted by Crippen LogP contribution is 2.24. The van der Waals surface area contributed by atoms with Crippen LogP contribution < -0.4 is 5.32 Å². The van der Waals surface area contributed by atoms with E-state index in [1.807, 2.05) is 12.3 Å². The van der Waals surface area contributed by atoms with Crippen molar-refractivity contribution in [1.82, 2.24) is 14.9 Å². The van der Waals surface area contributed by atoms with Gasteiger partial charge >= 0.3 is 0 Å². The third-order valence-corrected chi connectivity index (χ3v) is 4.48. The molecule has 2 aromatic carbocycles. The Morgan fingerprint density at radius 1 is 0.963 bits per heavy atom. The molecule has 4 nitrogen and oxygen atoms in total. The Morgan fingerprint density at radius 3 is 2.37 bits per heavy atom. The summed E-state index contributed by atoms with van der Waals surface area (Å²) in [7, 11) is 4.15. The third-order valence-electron chi connectivity index (χ3n) is 4.48. The average Bonchev–Trinajstić information content (AvgIpc) is 2.69. The minimum absolute atomic E-state index is 0.239. The lowest BCUT2D eigenvalue weighted by Gasteiger charge is -2.19. The highest BCUT2D eigenvalue weighted by Gasteiger charge is 2.11. The molecule has 0 saturated carbocycles. The normalized spacial score (nSPS) is 12.1. The number of nitrogens with zero attached hydrogens (tertiary/aromatic N) is 3. The van der Waals surface area contributed by atoms with Crippen molar-refractivity contribution in [1.29, 1.82) is 0 Å². The molecule has 0 radical (unpaired) electrons. The fourth-order valence-corrected chi connectivity index (χ4v) is 3.20. The predicted molar refractivity (Wildman–Crippen MR) is 113 cm³/mol. The van der Waals surface area contributed by atoms with Gasteiger partial charge in [-0.1, -0.05) is 67.9 Å². The topological polar surface area (TPSA) is 41.1 Å². The molecule has 0 aliphatic rings. The summed E-state index contributed by atoms with van der Waals surface area (Å²) in [5.41, 5.74) is 4.54. The molecule has 0 spiro atoms. The van der Waals surface area contributed by atoms with E-state index in [-0.39, 0.29) is 6.04 Å². The van der Waals surface area contributed by atoms with E-state index in [0.29, 0.717) is 0 Å². The van der Waals surface area contributed by atoms with Crippen LogP contribution in [-0.2, 0) is 6.54 Å². The van der Waals surface area contributed by atoms with Crippen LogP contribution in [0.2, 0.25) is 0 Å². The van der Waals surface area contributed by atoms with Crippen molar-refractivity contribution < 1.29 is 0 Å². The zero-order chi connectivity index (χ0) is 19.1. The van der Waals surface area contributed by atoms with Gasteiger partial charge in [-0.05, 0) is 31.6 Å². The molecule has 0 amide bonds. The molecule has 0 fully saturated rings. The van der Waals surface area contributed by atoms with Gasteiger partial charge in [0.05, 0.1) is 24.1 Å². The van der Waals surface area contributed by atoms with Gasteiger partial charge < -0.3 is 10.2 Å². The lowest BCUT2D eigenvalue weighted by Crippen LogP contribution is -2.12. The second kappa shape index (κ2) is 9.28. The van der Waals surface area contributed by atoms with Gasteiger partial charge in [0, 0.05) is 12.1 Å². The highest BCUT2D eigenvalue weighted by molar-refractivity contribution is 5.60. The summed E-state index contributed by atoms with van der Waals surface area (Å²) >= 11 is 0. The maximum absolute atomic E-state index is 4.80. The van der Waals surface area contributed by atoms with Crippen molar-refractivity contribution in [2.45, 2.75) is 32.4 Å². The van der Waals surface area contributed by atoms with Gasteiger partial charge in [0.15, 0.2) is 0 Å². The summed E-state index contributed by atoms with van der Waals surface area (Å²) in [6.45, 7) is 3.14. The Hall–Kier alpha value is -2.72. The number of anilines is 1. The third kappa shape index (κ3) is 5.38. The Labute approximate surface area is 162 Å². The van der Waals surface area contributed by atoms with Crippen LogP contribution in [-0.4, -0.2) is 29.0 Å². The predicted octanol–water partition coefficient (Wildman–Crippen LogP) is 5.16. The molecule has 0 aliphatic heterocycles. The molecule has 0 aliphatic carbocycles. The number of aromatic nitrogens is 2. The van der Waals surface area contributed by atoms with E-state index < -0.39 is 0 Å². The van der Waals surface area contributed by atoms with E-state index in [2.05, 4.69) is 84.8 Å². The van der Waals surface area contributed by atoms with Crippen LogP contribution in [0.5, 0.6) is 0 Å². The molecule has 4 heteroatoms. The van der Waals surface area contributed by atoms with Gasteiger partial charge in [-0.25, -0.2) is 4.98 Å². The van der Waals surface area contributed by atoms with Crippen molar-refractivity contribution in [3.8, 4) is 11.3 Å². The molecule has 3 aromatic rings. The van der Waals surface area contributed by atoms with Gasteiger partial charge in [0.25, 0.3) is 0 Å². The summed E-state index contributed by atoms with van der Waals surface area (Å²) in [4.78, 5) is 11.4. The zero-order valence-corrected chi connectivity index (χ0v) is 16.4. The first-order valence-corrected chi connectivity index (χ1v) is 9.53. The first-order chi connectivity index (χ1) is 13.2. The lowest BCUT2D eigenvalue weighted by atomic mass is 10.0. The lowest BCUT2D eigenvalue weighted by molar-refractivity contribution is 0.402. The average molecular weight is 361 g/mol. The number of hydrogen-bond donors (Lipinski definition) is 1. The van der Waals surface area contributed by atoms with Gasteiger partial charge in [-0.15, -0.1) is 0 Å². The van der Waals surface area contributed by atoms with Crippen LogP contribution in [0.15, 0.2) is 67.0 Å². The molecule has 1 heterocycles. The van der Waals surface area contributed by atoms with E-state index in [9.17, 15) is 0 Å². The smallest absolute Gasteiger partial charge is 0.145 e. The van der Waals surface area contributed by atoms with Crippen molar-refractivity contribution in [3.63, 3.8) is 0 Å². The fourth-order valence-electron chi connectivity index (χ4n) is 3.20. The molecule has 1 unspecified atom stereocenters. The summed E-state index contributed by atoms with van der Waals surface area (Å²) in [5.74, 6) is 0.812. The molecule has 0 saturated heterocycles. The molecule has 1 atom stereocenters. The number of benzene rings is 2. The summed E-state index contributed by atoms with van der Waals surface area (Å²) in [5, 5.41) is 3.56. The van der Waals surface area contributed by atoms with Crippen LogP contribution >= 0.6 is 0 Å². The highest BCUT2D eigenvalue weighted by atomic mass is 15.0. The molecule has 1 aromatic heterocycles. The van der Waals surface area contributed by atoms with Crippen LogP contribution in [0.25, 0.3) is 11.3 Å². The molecular formula is C23H28N4. The molecule has 1 N–H and O–H groups in total. The Balaban J connectivity index is 1.78. The van der Waals surface area contributed by atoms with Gasteiger partial charge in [-0.3, -0.25) is 4.98 Å². The van der Waals surface area contributed by atoms with E-state index in [1.54, 1.807) is 6.20 Å². The van der Waals surface area contributed by atoms with Crippen LogP contribution in [0, 0.1) is 0 Å². The molecule has 3 rings (SSSR count). The van der Waals surface area contributed by atoms with E-state index >= 15 is 0 Å². The Bertz CT molecular complexity index is 829. The second-order valence-corrected chi connectivity index (χ2v) is 7.12. The number of hydrogen-bond acceptors (Lipinski definition) is 4. The van der Waals surface area contributed by atoms with Crippen LogP contribution in [0.1, 0.15) is 36.9 Å². The maximum atomic E-state index is 4.80. The monoisotopic (exact) mass is 360 g/mol. The SMILES string of the molecule is CCCC(Nc1cncc(-c2ccc(CN(C)C)cc2)n1)c1ccccc1. The van der Waals surface area contributed by atoms with Crippen molar-refractivity contribution >= 4 is 5.82 Å². The standard InChI is InChI=1S/C23H28N4/c1-4-8-21(19-9-6-5-7-10-19)25-23-16-24-15-22(26-23)20-13-11-18(12-14-20)17-27(2)3/h5-7,9-16,21H,4,8,17H2,1-3H3,(H,25,26). The van der Waals surface area contributed by atoms with Crippen LogP contribution in [0.4, 0.5) is 5.82 Å². The van der Waals surface area contributed by atoms with Crippen molar-refractivity contribution in [3.05, 3.63) is 78.1 Å². The molecular weight excluding hydrogens is 332 g/mol. The van der Waals surface area contributed by atoms with E-state index in [0.717, 1.165) is 36.5 Å². The largest absolute Gasteiger partial charge is 0.362 e. The maximum Gasteiger partial charge on any atom is 0.145 e. The fraction of sp³-hybridized carbons (Fsp3) is 0.304. The van der Waals surface area contributed by atoms with Gasteiger partial charge in [0.1, 0.15) is 5.82 Å². The number of nitrogens with one attached hydrogen (secondary N) is 1. The minimum Gasteiger partial charge on any atom is -0.362 e. The summed E-state index contributed by atoms with van der Waals surface area (Å²) in [6.07, 6.45) is 5.78. The van der Waals surface area contributed by atoms with Crippen LogP contribution in [0.3, 0.4) is 0 Å². The molecule has 27 heavy (non-hydrogen) atoms. The second-order valence-electron chi connectivity index (χ2n) is 7.12. The summed E-state index contributed by atoms with van der Waals surface area (Å²) in [6, 6.07) is 19.3. The van der Waals surface area contributed by atoms with E-state index in [4.69, 9.17) is 4.98 Å². The summed E-state index contributed by atoms with van der Waals surface area (Å²) < 4.78 is 0. The number of rotatable bonds is 8. The first-order valence-electron chi connectivity index (χ1n) is 9.53. The minimum atomic E-state index is 0.239. The van der Waals surface area contributed by atoms with Crippen molar-refractivity contribution in [2.24, 2.45) is 0 Å². The van der Waals surface area contributed by atoms with Gasteiger partial charge in [0.2, 0.25) is 0 Å². The zero-order valence-electron chi connectivity index (χ0n) is 16.4. The molecule has 0 bridgehead atoms. The molecule has 140 valence electrons. The Kier molecular flexibility index (Phi) is 6.55. The first kappa shape index (κ1) is 19.1. The Morgan fingerprint density at radius 2 is 1.70 bits per heavy atom. The van der Waals surface area contributed by atoms with Gasteiger partial charge in [-0.2, -0.15) is 0 Å².